The minimum absolute atomic E-state index is 0.0947. The van der Waals surface area contributed by atoms with Crippen LogP contribution in [0.4, 0.5) is 13.2 Å². The van der Waals surface area contributed by atoms with E-state index in [9.17, 15) is 18.0 Å². The predicted molar refractivity (Wildman–Crippen MR) is 81.1 cm³/mol. The summed E-state index contributed by atoms with van der Waals surface area (Å²) in [4.78, 5) is 14.0. The Morgan fingerprint density at radius 3 is 2.43 bits per heavy atom. The standard InChI is InChI=1S/C16H9ClF3NO2/c17-12-7-10(16(18,19)20)3-5-14(12)23-11-4-1-9-2-6-15(22)21-13(9)8-11/h1-8H,(H,21,22). The SMILES string of the molecule is O=c1ccc2ccc(Oc3ccc(C(F)(F)F)cc3Cl)cc2[nH]1. The molecular weight excluding hydrogens is 331 g/mol. The number of rotatable bonds is 2. The van der Waals surface area contributed by atoms with E-state index in [4.69, 9.17) is 16.3 Å². The highest BCUT2D eigenvalue weighted by molar-refractivity contribution is 6.32. The molecule has 0 atom stereocenters. The fourth-order valence-corrected chi connectivity index (χ4v) is 2.30. The third-order valence-electron chi connectivity index (χ3n) is 3.18. The van der Waals surface area contributed by atoms with Crippen LogP contribution in [0.5, 0.6) is 11.5 Å². The third kappa shape index (κ3) is 3.32. The number of fused-ring (bicyclic) bond motifs is 1. The highest BCUT2D eigenvalue weighted by atomic mass is 35.5. The van der Waals surface area contributed by atoms with E-state index in [1.165, 1.54) is 6.07 Å². The number of benzene rings is 2. The van der Waals surface area contributed by atoms with Gasteiger partial charge in [0.1, 0.15) is 11.5 Å². The molecule has 3 aromatic rings. The van der Waals surface area contributed by atoms with Crippen molar-refractivity contribution in [1.29, 1.82) is 0 Å². The number of pyridine rings is 1. The first-order valence-electron chi connectivity index (χ1n) is 6.51. The molecule has 0 fully saturated rings. The Morgan fingerprint density at radius 1 is 1.00 bits per heavy atom. The number of aromatic amines is 1. The van der Waals surface area contributed by atoms with E-state index in [-0.39, 0.29) is 16.3 Å². The van der Waals surface area contributed by atoms with Gasteiger partial charge >= 0.3 is 6.18 Å². The summed E-state index contributed by atoms with van der Waals surface area (Å²) in [5, 5.41) is 0.650. The van der Waals surface area contributed by atoms with Crippen LogP contribution in [0.15, 0.2) is 53.3 Å². The summed E-state index contributed by atoms with van der Waals surface area (Å²) in [5.41, 5.74) is -0.557. The molecule has 0 unspecified atom stereocenters. The van der Waals surface area contributed by atoms with Crippen LogP contribution in [0, 0.1) is 0 Å². The molecule has 7 heteroatoms. The molecule has 3 rings (SSSR count). The molecule has 0 saturated heterocycles. The van der Waals surface area contributed by atoms with Gasteiger partial charge in [0.05, 0.1) is 16.1 Å². The zero-order chi connectivity index (χ0) is 16.6. The first kappa shape index (κ1) is 15.4. The number of hydrogen-bond acceptors (Lipinski definition) is 2. The Kier molecular flexibility index (Phi) is 3.77. The number of hydrogen-bond donors (Lipinski definition) is 1. The number of halogens is 4. The molecule has 118 valence electrons. The highest BCUT2D eigenvalue weighted by Crippen LogP contribution is 2.36. The van der Waals surface area contributed by atoms with Crippen molar-refractivity contribution in [2.75, 3.05) is 0 Å². The molecule has 1 aromatic heterocycles. The maximum atomic E-state index is 12.6. The quantitative estimate of drug-likeness (QED) is 0.714. The molecule has 23 heavy (non-hydrogen) atoms. The lowest BCUT2D eigenvalue weighted by Gasteiger charge is -2.11. The largest absolute Gasteiger partial charge is 0.456 e. The maximum Gasteiger partial charge on any atom is 0.416 e. The third-order valence-corrected chi connectivity index (χ3v) is 3.48. The zero-order valence-electron chi connectivity index (χ0n) is 11.4. The van der Waals surface area contributed by atoms with Gasteiger partial charge in [-0.05, 0) is 41.8 Å². The Hall–Kier alpha value is -2.47. The van der Waals surface area contributed by atoms with E-state index < -0.39 is 11.7 Å². The molecule has 0 radical (unpaired) electrons. The van der Waals surface area contributed by atoms with Gasteiger partial charge in [-0.25, -0.2) is 0 Å². The van der Waals surface area contributed by atoms with Gasteiger partial charge < -0.3 is 9.72 Å². The average Bonchev–Trinajstić information content (AvgIpc) is 2.48. The van der Waals surface area contributed by atoms with Gasteiger partial charge in [-0.1, -0.05) is 11.6 Å². The predicted octanol–water partition coefficient (Wildman–Crippen LogP) is 4.99. The molecular formula is C16H9ClF3NO2. The lowest BCUT2D eigenvalue weighted by atomic mass is 10.2. The van der Waals surface area contributed by atoms with E-state index in [1.54, 1.807) is 24.3 Å². The van der Waals surface area contributed by atoms with Crippen molar-refractivity contribution in [3.8, 4) is 11.5 Å². The monoisotopic (exact) mass is 339 g/mol. The van der Waals surface area contributed by atoms with Crippen LogP contribution >= 0.6 is 11.6 Å². The summed E-state index contributed by atoms with van der Waals surface area (Å²) < 4.78 is 43.3. The fraction of sp³-hybridized carbons (Fsp3) is 0.0625. The van der Waals surface area contributed by atoms with Gasteiger partial charge in [0.25, 0.3) is 0 Å². The molecule has 3 nitrogen and oxygen atoms in total. The van der Waals surface area contributed by atoms with E-state index in [1.807, 2.05) is 0 Å². The Balaban J connectivity index is 1.94. The van der Waals surface area contributed by atoms with Crippen molar-refractivity contribution >= 4 is 22.5 Å². The fourth-order valence-electron chi connectivity index (χ4n) is 2.08. The van der Waals surface area contributed by atoms with E-state index >= 15 is 0 Å². The van der Waals surface area contributed by atoms with Gasteiger partial charge in [-0.2, -0.15) is 13.2 Å². The second kappa shape index (κ2) is 5.62. The second-order valence-electron chi connectivity index (χ2n) is 4.82. The summed E-state index contributed by atoms with van der Waals surface area (Å²) in [5.74, 6) is 0.443. The van der Waals surface area contributed by atoms with Crippen LogP contribution in [0.3, 0.4) is 0 Å². The van der Waals surface area contributed by atoms with Crippen LogP contribution in [-0.2, 0) is 6.18 Å². The molecule has 0 amide bonds. The maximum absolute atomic E-state index is 12.6. The van der Waals surface area contributed by atoms with Crippen molar-refractivity contribution in [2.24, 2.45) is 0 Å². The van der Waals surface area contributed by atoms with Crippen molar-refractivity contribution in [3.05, 3.63) is 69.5 Å². The molecule has 0 aliphatic carbocycles. The lowest BCUT2D eigenvalue weighted by molar-refractivity contribution is -0.137. The molecule has 0 spiro atoms. The number of aromatic nitrogens is 1. The van der Waals surface area contributed by atoms with Crippen LogP contribution in [-0.4, -0.2) is 4.98 Å². The van der Waals surface area contributed by atoms with Gasteiger partial charge in [0.2, 0.25) is 5.56 Å². The second-order valence-corrected chi connectivity index (χ2v) is 5.22. The van der Waals surface area contributed by atoms with Crippen LogP contribution in [0.1, 0.15) is 5.56 Å². The minimum atomic E-state index is -4.47. The summed E-state index contributed by atoms with van der Waals surface area (Å²) >= 11 is 5.85. The smallest absolute Gasteiger partial charge is 0.416 e. The normalized spacial score (nSPS) is 11.7. The number of nitrogens with one attached hydrogen (secondary N) is 1. The van der Waals surface area contributed by atoms with Crippen LogP contribution < -0.4 is 10.3 Å². The van der Waals surface area contributed by atoms with E-state index in [2.05, 4.69) is 4.98 Å². The summed E-state index contributed by atoms with van der Waals surface area (Å²) in [6.45, 7) is 0. The molecule has 0 aliphatic heterocycles. The van der Waals surface area contributed by atoms with Crippen molar-refractivity contribution < 1.29 is 17.9 Å². The molecule has 0 bridgehead atoms. The Bertz CT molecular complexity index is 934. The van der Waals surface area contributed by atoms with Crippen LogP contribution in [0.2, 0.25) is 5.02 Å². The number of ether oxygens (including phenoxy) is 1. The minimum Gasteiger partial charge on any atom is -0.456 e. The zero-order valence-corrected chi connectivity index (χ0v) is 12.2. The van der Waals surface area contributed by atoms with Crippen LogP contribution in [0.25, 0.3) is 10.9 Å². The lowest BCUT2D eigenvalue weighted by Crippen LogP contribution is -2.04. The molecule has 2 aromatic carbocycles. The molecule has 1 heterocycles. The first-order valence-corrected chi connectivity index (χ1v) is 6.88. The molecule has 0 aliphatic rings. The van der Waals surface area contributed by atoms with Gasteiger partial charge in [-0.3, -0.25) is 4.79 Å². The summed E-state index contributed by atoms with van der Waals surface area (Å²) in [7, 11) is 0. The van der Waals surface area contributed by atoms with E-state index in [0.717, 1.165) is 23.6 Å². The average molecular weight is 340 g/mol. The van der Waals surface area contributed by atoms with E-state index in [0.29, 0.717) is 11.3 Å². The number of H-pyrrole nitrogens is 1. The number of alkyl halides is 3. The molecule has 1 N–H and O–H groups in total. The first-order chi connectivity index (χ1) is 10.8. The Morgan fingerprint density at radius 2 is 1.74 bits per heavy atom. The van der Waals surface area contributed by atoms with Gasteiger partial charge in [0.15, 0.2) is 0 Å². The highest BCUT2D eigenvalue weighted by Gasteiger charge is 2.31. The van der Waals surface area contributed by atoms with Crippen molar-refractivity contribution in [1.82, 2.24) is 4.98 Å². The van der Waals surface area contributed by atoms with Crippen molar-refractivity contribution in [3.63, 3.8) is 0 Å². The van der Waals surface area contributed by atoms with Gasteiger partial charge in [0, 0.05) is 12.1 Å². The summed E-state index contributed by atoms with van der Waals surface area (Å²) in [6, 6.07) is 10.8. The topological polar surface area (TPSA) is 42.1 Å². The molecule has 0 saturated carbocycles. The van der Waals surface area contributed by atoms with Gasteiger partial charge in [-0.15, -0.1) is 0 Å². The Labute approximate surface area is 133 Å². The summed E-state index contributed by atoms with van der Waals surface area (Å²) in [6.07, 6.45) is -4.47. The van der Waals surface area contributed by atoms with Crippen molar-refractivity contribution in [2.45, 2.75) is 6.18 Å².